The quantitative estimate of drug-likeness (QED) is 0.745. The lowest BCUT2D eigenvalue weighted by atomic mass is 10.3. The van der Waals surface area contributed by atoms with Gasteiger partial charge in [-0.2, -0.15) is 0 Å². The number of hydrogen-bond acceptors (Lipinski definition) is 2. The van der Waals surface area contributed by atoms with Gasteiger partial charge in [-0.15, -0.1) is 0 Å². The summed E-state index contributed by atoms with van der Waals surface area (Å²) < 4.78 is 18.3. The van der Waals surface area contributed by atoms with E-state index in [0.29, 0.717) is 4.47 Å². The van der Waals surface area contributed by atoms with Crippen molar-refractivity contribution in [3.63, 3.8) is 0 Å². The number of benzene rings is 1. The van der Waals surface area contributed by atoms with Crippen LogP contribution in [-0.2, 0) is 0 Å². The molecule has 0 saturated carbocycles. The molecule has 0 unspecified atom stereocenters. The van der Waals surface area contributed by atoms with Gasteiger partial charge in [0.1, 0.15) is 5.52 Å². The van der Waals surface area contributed by atoms with Crippen molar-refractivity contribution >= 4 is 38.6 Å². The number of fused-ring (bicyclic) bond motifs is 1. The number of hydrogen-bond donors (Lipinski definition) is 1. The van der Waals surface area contributed by atoms with Gasteiger partial charge in [0, 0.05) is 0 Å². The van der Waals surface area contributed by atoms with Crippen molar-refractivity contribution in [1.29, 1.82) is 0 Å². The molecule has 6 heteroatoms. The van der Waals surface area contributed by atoms with Crippen LogP contribution in [0.1, 0.15) is 0 Å². The summed E-state index contributed by atoms with van der Waals surface area (Å²) in [6.07, 6.45) is 0. The van der Waals surface area contributed by atoms with Gasteiger partial charge in [-0.25, -0.2) is 9.18 Å². The molecule has 0 aliphatic carbocycles. The lowest BCUT2D eigenvalue weighted by Gasteiger charge is -1.95. The lowest BCUT2D eigenvalue weighted by molar-refractivity contribution is 0.553. The van der Waals surface area contributed by atoms with Crippen molar-refractivity contribution in [3.8, 4) is 0 Å². The van der Waals surface area contributed by atoms with E-state index in [-0.39, 0.29) is 16.1 Å². The summed E-state index contributed by atoms with van der Waals surface area (Å²) in [6, 6.07) is 1.33. The Morgan fingerprint density at radius 2 is 2.31 bits per heavy atom. The first kappa shape index (κ1) is 8.77. The molecule has 1 N–H and O–H groups in total. The molecule has 0 aliphatic rings. The number of halogens is 3. The van der Waals surface area contributed by atoms with Gasteiger partial charge in [-0.1, -0.05) is 11.6 Å². The summed E-state index contributed by atoms with van der Waals surface area (Å²) in [7, 11) is 0. The molecule has 0 bridgehead atoms. The number of oxazole rings is 1. The number of rotatable bonds is 0. The second kappa shape index (κ2) is 2.85. The number of H-pyrrole nitrogens is 1. The molecule has 2 aromatic rings. The van der Waals surface area contributed by atoms with Gasteiger partial charge in [0.05, 0.1) is 9.50 Å². The van der Waals surface area contributed by atoms with Gasteiger partial charge >= 0.3 is 5.76 Å². The van der Waals surface area contributed by atoms with Crippen LogP contribution in [0.2, 0.25) is 5.02 Å². The van der Waals surface area contributed by atoms with Crippen LogP contribution in [0.5, 0.6) is 0 Å². The SMILES string of the molecule is O=c1[nH]c2c(F)c(Cl)cc(Br)c2o1. The maximum absolute atomic E-state index is 13.2. The van der Waals surface area contributed by atoms with E-state index in [1.807, 2.05) is 0 Å². The zero-order chi connectivity index (χ0) is 9.59. The van der Waals surface area contributed by atoms with E-state index in [9.17, 15) is 9.18 Å². The fourth-order valence-corrected chi connectivity index (χ4v) is 1.85. The van der Waals surface area contributed by atoms with Crippen molar-refractivity contribution in [2.45, 2.75) is 0 Å². The lowest BCUT2D eigenvalue weighted by Crippen LogP contribution is -1.93. The standard InChI is InChI=1S/C7H2BrClFNO2/c8-2-1-3(9)4(10)5-6(2)13-7(12)11-5/h1H,(H,11,12). The van der Waals surface area contributed by atoms with Crippen LogP contribution in [0, 0.1) is 5.82 Å². The highest BCUT2D eigenvalue weighted by molar-refractivity contribution is 9.10. The number of nitrogens with one attached hydrogen (secondary N) is 1. The van der Waals surface area contributed by atoms with E-state index in [1.165, 1.54) is 6.07 Å². The summed E-state index contributed by atoms with van der Waals surface area (Å²) in [6.45, 7) is 0. The Kier molecular flexibility index (Phi) is 1.92. The van der Waals surface area contributed by atoms with Gasteiger partial charge in [0.15, 0.2) is 11.4 Å². The highest BCUT2D eigenvalue weighted by atomic mass is 79.9. The van der Waals surface area contributed by atoms with Gasteiger partial charge in [0.25, 0.3) is 0 Å². The first-order valence-corrected chi connectivity index (χ1v) is 4.43. The molecule has 0 amide bonds. The Hall–Kier alpha value is -0.810. The van der Waals surface area contributed by atoms with Gasteiger partial charge in [0.2, 0.25) is 0 Å². The molecule has 0 fully saturated rings. The molecule has 13 heavy (non-hydrogen) atoms. The second-order valence-electron chi connectivity index (χ2n) is 2.37. The third kappa shape index (κ3) is 1.28. The van der Waals surface area contributed by atoms with Gasteiger partial charge < -0.3 is 4.42 Å². The van der Waals surface area contributed by atoms with E-state index in [0.717, 1.165) is 0 Å². The zero-order valence-corrected chi connectivity index (χ0v) is 8.37. The summed E-state index contributed by atoms with van der Waals surface area (Å²) in [5.41, 5.74) is 0.108. The van der Waals surface area contributed by atoms with Crippen molar-refractivity contribution in [3.05, 3.63) is 31.9 Å². The van der Waals surface area contributed by atoms with Gasteiger partial charge in [-0.05, 0) is 22.0 Å². The molecular weight excluding hydrogens is 264 g/mol. The van der Waals surface area contributed by atoms with Crippen molar-refractivity contribution < 1.29 is 8.81 Å². The topological polar surface area (TPSA) is 46.0 Å². The van der Waals surface area contributed by atoms with Crippen LogP contribution < -0.4 is 5.76 Å². The normalized spacial score (nSPS) is 11.0. The highest BCUT2D eigenvalue weighted by Crippen LogP contribution is 2.29. The molecular formula is C7H2BrClFNO2. The molecule has 0 aliphatic heterocycles. The third-order valence-corrected chi connectivity index (χ3v) is 2.41. The average molecular weight is 266 g/mol. The minimum absolute atomic E-state index is 0.0237. The fraction of sp³-hybridized carbons (Fsp3) is 0. The molecule has 1 heterocycles. The highest BCUT2D eigenvalue weighted by Gasteiger charge is 2.13. The first-order valence-electron chi connectivity index (χ1n) is 3.26. The summed E-state index contributed by atoms with van der Waals surface area (Å²) in [5, 5.41) is -0.0728. The predicted molar refractivity (Wildman–Crippen MR) is 49.5 cm³/mol. The molecule has 68 valence electrons. The largest absolute Gasteiger partial charge is 0.417 e. The molecule has 0 saturated heterocycles. The van der Waals surface area contributed by atoms with Crippen molar-refractivity contribution in [2.24, 2.45) is 0 Å². The van der Waals surface area contributed by atoms with Crippen LogP contribution in [-0.4, -0.2) is 4.98 Å². The summed E-state index contributed by atoms with van der Waals surface area (Å²) >= 11 is 8.62. The monoisotopic (exact) mass is 265 g/mol. The summed E-state index contributed by atoms with van der Waals surface area (Å²) in [4.78, 5) is 12.9. The van der Waals surface area contributed by atoms with Crippen LogP contribution in [0.3, 0.4) is 0 Å². The second-order valence-corrected chi connectivity index (χ2v) is 3.63. The van der Waals surface area contributed by atoms with Crippen LogP contribution in [0.4, 0.5) is 4.39 Å². The summed E-state index contributed by atoms with van der Waals surface area (Å²) in [5.74, 6) is -1.40. The zero-order valence-electron chi connectivity index (χ0n) is 6.03. The van der Waals surface area contributed by atoms with E-state index >= 15 is 0 Å². The fourth-order valence-electron chi connectivity index (χ4n) is 1.01. The van der Waals surface area contributed by atoms with Crippen LogP contribution in [0.15, 0.2) is 19.8 Å². The molecule has 0 radical (unpaired) electrons. The molecule has 1 aromatic heterocycles. The minimum atomic E-state index is -0.711. The van der Waals surface area contributed by atoms with E-state index in [1.54, 1.807) is 0 Å². The Balaban J connectivity index is 3.04. The number of aromatic nitrogens is 1. The van der Waals surface area contributed by atoms with E-state index in [4.69, 9.17) is 11.6 Å². The van der Waals surface area contributed by atoms with Crippen molar-refractivity contribution in [2.75, 3.05) is 0 Å². The Morgan fingerprint density at radius 3 is 3.00 bits per heavy atom. The predicted octanol–water partition coefficient (Wildman–Crippen LogP) is 2.68. The Bertz CT molecular complexity index is 533. The smallest absolute Gasteiger partial charge is 0.407 e. The minimum Gasteiger partial charge on any atom is -0.407 e. The Morgan fingerprint density at radius 1 is 1.62 bits per heavy atom. The van der Waals surface area contributed by atoms with Gasteiger partial charge in [-0.3, -0.25) is 4.98 Å². The van der Waals surface area contributed by atoms with E-state index in [2.05, 4.69) is 25.3 Å². The average Bonchev–Trinajstić information content (AvgIpc) is 2.44. The molecule has 0 atom stereocenters. The first-order chi connectivity index (χ1) is 6.09. The molecule has 3 nitrogen and oxygen atoms in total. The molecule has 0 spiro atoms. The Labute approximate surface area is 84.6 Å². The van der Waals surface area contributed by atoms with E-state index < -0.39 is 11.6 Å². The van der Waals surface area contributed by atoms with Crippen LogP contribution in [0.25, 0.3) is 11.1 Å². The number of aromatic amines is 1. The maximum Gasteiger partial charge on any atom is 0.417 e. The van der Waals surface area contributed by atoms with Crippen molar-refractivity contribution in [1.82, 2.24) is 4.98 Å². The third-order valence-electron chi connectivity index (χ3n) is 1.55. The molecule has 2 rings (SSSR count). The molecule has 1 aromatic carbocycles. The van der Waals surface area contributed by atoms with Crippen LogP contribution >= 0.6 is 27.5 Å². The maximum atomic E-state index is 13.2.